The van der Waals surface area contributed by atoms with E-state index in [-0.39, 0.29) is 38.4 Å². The van der Waals surface area contributed by atoms with Crippen molar-refractivity contribution in [2.75, 3.05) is 11.5 Å². The Morgan fingerprint density at radius 1 is 1.04 bits per heavy atom. The van der Waals surface area contributed by atoms with Gasteiger partial charge in [0.1, 0.15) is 5.92 Å². The molecule has 0 aliphatic carbocycles. The van der Waals surface area contributed by atoms with Gasteiger partial charge in [-0.2, -0.15) is 0 Å². The normalized spacial score (nSPS) is 17.7. The molecule has 0 spiro atoms. The molecular weight excluding hydrogens is 404 g/mol. The number of hydrogen-bond acceptors (Lipinski definition) is 8. The highest BCUT2D eigenvalue weighted by Crippen LogP contribution is 2.20. The van der Waals surface area contributed by atoms with Crippen molar-refractivity contribution in [3.8, 4) is 0 Å². The first-order chi connectivity index (χ1) is 11.8. The van der Waals surface area contributed by atoms with Crippen molar-refractivity contribution in [1.29, 1.82) is 0 Å². The molecule has 12 heteroatoms. The first-order valence-electron chi connectivity index (χ1n) is 7.45. The number of thioether (sulfide) groups is 2. The van der Waals surface area contributed by atoms with Crippen molar-refractivity contribution >= 4 is 80.2 Å². The molecular formula is C13H16N4O4S4. The van der Waals surface area contributed by atoms with Gasteiger partial charge in [0.2, 0.25) is 0 Å². The first kappa shape index (κ1) is 20.1. The molecule has 0 bridgehead atoms. The number of hydrazine groups is 2. The quantitative estimate of drug-likeness (QED) is 0.456. The Labute approximate surface area is 163 Å². The van der Waals surface area contributed by atoms with E-state index in [0.29, 0.717) is 6.42 Å². The summed E-state index contributed by atoms with van der Waals surface area (Å²) in [5.74, 6) is -2.74. The number of unbranched alkanes of at least 4 members (excludes halogenated alkanes) is 1. The van der Waals surface area contributed by atoms with Crippen molar-refractivity contribution < 1.29 is 19.2 Å². The standard InChI is InChI=1S/C13H16N4O4S4/c1-2-3-4-7(10(20)14-16-8(18)5-24-12(16)22)11(21)15-17-9(19)6-25-13(17)23/h7H,2-6H2,1H3,(H,14,20)(H,15,21). The van der Waals surface area contributed by atoms with Gasteiger partial charge in [-0.05, 0) is 6.42 Å². The Morgan fingerprint density at radius 3 is 1.80 bits per heavy atom. The predicted molar refractivity (Wildman–Crippen MR) is 103 cm³/mol. The van der Waals surface area contributed by atoms with Crippen LogP contribution in [0.4, 0.5) is 0 Å². The van der Waals surface area contributed by atoms with Crippen LogP contribution in [0.3, 0.4) is 0 Å². The maximum absolute atomic E-state index is 12.5. The van der Waals surface area contributed by atoms with E-state index >= 15 is 0 Å². The summed E-state index contributed by atoms with van der Waals surface area (Å²) in [7, 11) is 0. The molecule has 0 aromatic carbocycles. The van der Waals surface area contributed by atoms with Crippen LogP contribution in [0.1, 0.15) is 26.2 Å². The summed E-state index contributed by atoms with van der Waals surface area (Å²) in [6.07, 6.45) is 1.69. The zero-order chi connectivity index (χ0) is 18.6. The minimum absolute atomic E-state index is 0.151. The van der Waals surface area contributed by atoms with Crippen LogP contribution >= 0.6 is 48.0 Å². The minimum atomic E-state index is -1.07. The van der Waals surface area contributed by atoms with E-state index in [4.69, 9.17) is 24.4 Å². The number of rotatable bonds is 7. The lowest BCUT2D eigenvalue weighted by molar-refractivity contribution is -0.144. The highest BCUT2D eigenvalue weighted by molar-refractivity contribution is 8.24. The molecule has 0 atom stereocenters. The van der Waals surface area contributed by atoms with Gasteiger partial charge in [0.05, 0.1) is 11.5 Å². The van der Waals surface area contributed by atoms with Crippen LogP contribution in [0.5, 0.6) is 0 Å². The fourth-order valence-electron chi connectivity index (χ4n) is 2.09. The fourth-order valence-corrected chi connectivity index (χ4v) is 4.04. The summed E-state index contributed by atoms with van der Waals surface area (Å²) in [5.41, 5.74) is 4.79. The SMILES string of the molecule is CCCCC(C(=O)NN1C(=O)CSC1=S)C(=O)NN1C(=O)CSC1=S. The van der Waals surface area contributed by atoms with Crippen LogP contribution in [0.25, 0.3) is 0 Å². The van der Waals surface area contributed by atoms with Crippen molar-refractivity contribution in [3.05, 3.63) is 0 Å². The lowest BCUT2D eigenvalue weighted by atomic mass is 10.0. The molecule has 0 radical (unpaired) electrons. The summed E-state index contributed by atoms with van der Waals surface area (Å²) in [6.45, 7) is 1.93. The summed E-state index contributed by atoms with van der Waals surface area (Å²) in [4.78, 5) is 48.4. The van der Waals surface area contributed by atoms with Gasteiger partial charge in [0, 0.05) is 0 Å². The van der Waals surface area contributed by atoms with Gasteiger partial charge in [-0.15, -0.1) is 0 Å². The average Bonchev–Trinajstić information content (AvgIpc) is 3.05. The molecule has 0 aromatic rings. The van der Waals surface area contributed by atoms with Crippen molar-refractivity contribution in [2.45, 2.75) is 26.2 Å². The minimum Gasteiger partial charge on any atom is -0.272 e. The lowest BCUT2D eigenvalue weighted by Gasteiger charge is -2.23. The molecule has 0 saturated carbocycles. The fraction of sp³-hybridized carbons (Fsp3) is 0.538. The molecule has 8 nitrogen and oxygen atoms in total. The zero-order valence-corrected chi connectivity index (χ0v) is 16.5. The molecule has 25 heavy (non-hydrogen) atoms. The highest BCUT2D eigenvalue weighted by atomic mass is 32.2. The van der Waals surface area contributed by atoms with Gasteiger partial charge in [-0.3, -0.25) is 30.0 Å². The molecule has 0 unspecified atom stereocenters. The zero-order valence-electron chi connectivity index (χ0n) is 13.3. The van der Waals surface area contributed by atoms with E-state index in [2.05, 4.69) is 10.9 Å². The Balaban J connectivity index is 2.06. The number of carbonyl (C=O) groups is 4. The highest BCUT2D eigenvalue weighted by Gasteiger charge is 2.36. The molecule has 0 aromatic heterocycles. The predicted octanol–water partition coefficient (Wildman–Crippen LogP) is 0.576. The third-order valence-corrected chi connectivity index (χ3v) is 6.14. The van der Waals surface area contributed by atoms with Crippen LogP contribution in [0.2, 0.25) is 0 Å². The van der Waals surface area contributed by atoms with Crippen LogP contribution in [0.15, 0.2) is 0 Å². The van der Waals surface area contributed by atoms with Gasteiger partial charge < -0.3 is 0 Å². The summed E-state index contributed by atoms with van der Waals surface area (Å²) < 4.78 is 0.473. The molecule has 2 aliphatic rings. The third-order valence-electron chi connectivity index (χ3n) is 3.43. The van der Waals surface area contributed by atoms with E-state index in [9.17, 15) is 19.2 Å². The first-order valence-corrected chi connectivity index (χ1v) is 10.2. The van der Waals surface area contributed by atoms with Crippen LogP contribution in [-0.4, -0.2) is 53.8 Å². The second-order valence-corrected chi connectivity index (χ2v) is 8.43. The molecule has 2 heterocycles. The Morgan fingerprint density at radius 2 is 1.48 bits per heavy atom. The topological polar surface area (TPSA) is 98.8 Å². The molecule has 2 saturated heterocycles. The van der Waals surface area contributed by atoms with Crippen LogP contribution in [-0.2, 0) is 19.2 Å². The number of nitrogens with zero attached hydrogens (tertiary/aromatic N) is 2. The molecule has 2 N–H and O–H groups in total. The van der Waals surface area contributed by atoms with Gasteiger partial charge >= 0.3 is 0 Å². The lowest BCUT2D eigenvalue weighted by Crippen LogP contribution is -2.53. The number of amides is 4. The molecule has 2 aliphatic heterocycles. The summed E-state index contributed by atoms with van der Waals surface area (Å²) in [5, 5.41) is 1.96. The third kappa shape index (κ3) is 4.90. The molecule has 4 amide bonds. The number of hydrogen-bond donors (Lipinski definition) is 2. The summed E-state index contributed by atoms with van der Waals surface area (Å²) in [6, 6.07) is 0. The number of carbonyl (C=O) groups excluding carboxylic acids is 4. The molecule has 136 valence electrons. The molecule has 2 rings (SSSR count). The van der Waals surface area contributed by atoms with Gasteiger partial charge in [0.25, 0.3) is 23.6 Å². The van der Waals surface area contributed by atoms with E-state index in [1.807, 2.05) is 6.92 Å². The van der Waals surface area contributed by atoms with Crippen molar-refractivity contribution in [2.24, 2.45) is 5.92 Å². The van der Waals surface area contributed by atoms with Crippen LogP contribution < -0.4 is 10.9 Å². The Kier molecular flexibility index (Phi) is 7.16. The number of nitrogens with one attached hydrogen (secondary N) is 2. The second kappa shape index (κ2) is 8.92. The van der Waals surface area contributed by atoms with Crippen molar-refractivity contribution in [1.82, 2.24) is 20.9 Å². The Bertz CT molecular complexity index is 560. The van der Waals surface area contributed by atoms with Gasteiger partial charge in [-0.25, -0.2) is 10.0 Å². The monoisotopic (exact) mass is 420 g/mol. The molecule has 2 fully saturated rings. The summed E-state index contributed by atoms with van der Waals surface area (Å²) >= 11 is 12.3. The largest absolute Gasteiger partial charge is 0.272 e. The van der Waals surface area contributed by atoms with E-state index in [1.165, 1.54) is 0 Å². The average molecular weight is 421 g/mol. The van der Waals surface area contributed by atoms with E-state index in [1.54, 1.807) is 0 Å². The maximum Gasteiger partial charge on any atom is 0.257 e. The maximum atomic E-state index is 12.5. The van der Waals surface area contributed by atoms with Crippen LogP contribution in [0, 0.1) is 5.92 Å². The second-order valence-electron chi connectivity index (χ2n) is 5.21. The van der Waals surface area contributed by atoms with Crippen molar-refractivity contribution in [3.63, 3.8) is 0 Å². The van der Waals surface area contributed by atoms with Gasteiger partial charge in [0.15, 0.2) is 8.64 Å². The van der Waals surface area contributed by atoms with Gasteiger partial charge in [-0.1, -0.05) is 67.7 Å². The number of thiocarbonyl (C=S) groups is 2. The van der Waals surface area contributed by atoms with E-state index < -0.39 is 17.7 Å². The van der Waals surface area contributed by atoms with E-state index in [0.717, 1.165) is 40.0 Å². The smallest absolute Gasteiger partial charge is 0.257 e. The Hall–Kier alpha value is -1.24.